The molecule has 0 unspecified atom stereocenters. The Morgan fingerprint density at radius 2 is 1.88 bits per heavy atom. The van der Waals surface area contributed by atoms with E-state index in [1.807, 2.05) is 18.2 Å². The van der Waals surface area contributed by atoms with Gasteiger partial charge in [-0.2, -0.15) is 0 Å². The van der Waals surface area contributed by atoms with Gasteiger partial charge in [-0.1, -0.05) is 35.9 Å². The highest BCUT2D eigenvalue weighted by Crippen LogP contribution is 2.35. The van der Waals surface area contributed by atoms with E-state index < -0.39 is 11.1 Å². The quantitative estimate of drug-likeness (QED) is 0.533. The fraction of sp³-hybridized carbons (Fsp3) is 0.292. The van der Waals surface area contributed by atoms with E-state index in [1.165, 1.54) is 7.11 Å². The van der Waals surface area contributed by atoms with E-state index in [-0.39, 0.29) is 24.0 Å². The summed E-state index contributed by atoms with van der Waals surface area (Å²) in [4.78, 5) is 40.5. The van der Waals surface area contributed by atoms with Crippen molar-refractivity contribution in [3.63, 3.8) is 0 Å². The monoisotopic (exact) mass is 486 g/mol. The summed E-state index contributed by atoms with van der Waals surface area (Å²) < 4.78 is 11.3. The van der Waals surface area contributed by atoms with Crippen molar-refractivity contribution in [2.45, 2.75) is 19.4 Å². The van der Waals surface area contributed by atoms with Crippen LogP contribution in [0.1, 0.15) is 24.0 Å². The Balaban J connectivity index is 1.45. The van der Waals surface area contributed by atoms with Crippen molar-refractivity contribution in [3.05, 3.63) is 63.5 Å². The highest BCUT2D eigenvalue weighted by Gasteiger charge is 2.37. The summed E-state index contributed by atoms with van der Waals surface area (Å²) in [6, 6.07) is 12.7. The summed E-state index contributed by atoms with van der Waals surface area (Å²) in [5.74, 6) is 0.353. The third-order valence-corrected chi connectivity index (χ3v) is 6.73. The number of amides is 3. The van der Waals surface area contributed by atoms with Crippen LogP contribution in [0.2, 0.25) is 5.02 Å². The van der Waals surface area contributed by atoms with E-state index >= 15 is 0 Å². The molecule has 9 heteroatoms. The molecule has 7 nitrogen and oxygen atoms in total. The van der Waals surface area contributed by atoms with Crippen LogP contribution in [0.15, 0.2) is 47.4 Å². The number of thioether (sulfide) groups is 1. The van der Waals surface area contributed by atoms with Crippen molar-refractivity contribution in [2.75, 3.05) is 26.7 Å². The van der Waals surface area contributed by atoms with Crippen LogP contribution in [-0.4, -0.2) is 53.6 Å². The van der Waals surface area contributed by atoms with Crippen molar-refractivity contribution in [2.24, 2.45) is 0 Å². The van der Waals surface area contributed by atoms with Crippen LogP contribution in [0.3, 0.4) is 0 Å². The Hall–Kier alpha value is -2.97. The Morgan fingerprint density at radius 1 is 1.12 bits per heavy atom. The SMILES string of the molecule is COc1cc(/C=C2/SC(=O)N(CC(=O)N3CCCC3)C2=O)ccc1OCc1ccccc1Cl. The van der Waals surface area contributed by atoms with Gasteiger partial charge in [0.25, 0.3) is 11.1 Å². The van der Waals surface area contributed by atoms with Crippen molar-refractivity contribution in [3.8, 4) is 11.5 Å². The van der Waals surface area contributed by atoms with Crippen LogP contribution >= 0.6 is 23.4 Å². The summed E-state index contributed by atoms with van der Waals surface area (Å²) >= 11 is 7.01. The van der Waals surface area contributed by atoms with Crippen LogP contribution in [0.25, 0.3) is 6.08 Å². The van der Waals surface area contributed by atoms with E-state index in [1.54, 1.807) is 35.2 Å². The normalized spacial score (nSPS) is 17.2. The number of halogens is 1. The van der Waals surface area contributed by atoms with Gasteiger partial charge in [0.1, 0.15) is 13.2 Å². The largest absolute Gasteiger partial charge is 0.493 e. The van der Waals surface area contributed by atoms with Crippen molar-refractivity contribution >= 4 is 46.5 Å². The van der Waals surface area contributed by atoms with Crippen LogP contribution < -0.4 is 9.47 Å². The highest BCUT2D eigenvalue weighted by atomic mass is 35.5. The fourth-order valence-corrected chi connectivity index (χ4v) is 4.68. The second kappa shape index (κ2) is 10.3. The van der Waals surface area contributed by atoms with Crippen molar-refractivity contribution < 1.29 is 23.9 Å². The lowest BCUT2D eigenvalue weighted by Gasteiger charge is -2.18. The molecule has 2 aliphatic heterocycles. The number of rotatable bonds is 7. The molecule has 0 saturated carbocycles. The first-order valence-electron chi connectivity index (χ1n) is 10.5. The standard InChI is InChI=1S/C24H23ClN2O5S/c1-31-20-12-16(8-9-19(20)32-15-17-6-2-3-7-18(17)25)13-21-23(29)27(24(30)33-21)14-22(28)26-10-4-5-11-26/h2-3,6-9,12-13H,4-5,10-11,14-15H2,1H3/b21-13+. The number of hydrogen-bond donors (Lipinski definition) is 0. The Kier molecular flexibility index (Phi) is 7.25. The van der Waals surface area contributed by atoms with Crippen LogP contribution in [-0.2, 0) is 16.2 Å². The summed E-state index contributed by atoms with van der Waals surface area (Å²) in [7, 11) is 1.53. The molecule has 0 spiro atoms. The van der Waals surface area contributed by atoms with Gasteiger partial charge in [-0.15, -0.1) is 0 Å². The summed E-state index contributed by atoms with van der Waals surface area (Å²) in [6.07, 6.45) is 3.52. The zero-order valence-electron chi connectivity index (χ0n) is 18.1. The fourth-order valence-electron chi connectivity index (χ4n) is 3.65. The van der Waals surface area contributed by atoms with Gasteiger partial charge in [0.2, 0.25) is 5.91 Å². The summed E-state index contributed by atoms with van der Waals surface area (Å²) in [6.45, 7) is 1.41. The van der Waals surface area contributed by atoms with E-state index in [4.69, 9.17) is 21.1 Å². The number of nitrogens with zero attached hydrogens (tertiary/aromatic N) is 2. The zero-order chi connectivity index (χ0) is 23.4. The number of ether oxygens (including phenoxy) is 2. The number of carbonyl (C=O) groups excluding carboxylic acids is 3. The predicted octanol–water partition coefficient (Wildman–Crippen LogP) is 4.59. The van der Waals surface area contributed by atoms with Crippen LogP contribution in [0.4, 0.5) is 4.79 Å². The molecule has 0 bridgehead atoms. The molecule has 2 fully saturated rings. The molecule has 33 heavy (non-hydrogen) atoms. The molecule has 0 N–H and O–H groups in total. The minimum Gasteiger partial charge on any atom is -0.493 e. The predicted molar refractivity (Wildman–Crippen MR) is 127 cm³/mol. The lowest BCUT2D eigenvalue weighted by Crippen LogP contribution is -2.40. The average Bonchev–Trinajstić information content (AvgIpc) is 3.44. The number of likely N-dealkylation sites (tertiary alicyclic amines) is 1. The summed E-state index contributed by atoms with van der Waals surface area (Å²) in [5, 5.41) is 0.178. The second-order valence-electron chi connectivity index (χ2n) is 7.65. The van der Waals surface area contributed by atoms with Gasteiger partial charge in [0.05, 0.1) is 12.0 Å². The maximum Gasteiger partial charge on any atom is 0.294 e. The van der Waals surface area contributed by atoms with Gasteiger partial charge >= 0.3 is 0 Å². The van der Waals surface area contributed by atoms with E-state index in [2.05, 4.69) is 0 Å². The van der Waals surface area contributed by atoms with Gasteiger partial charge < -0.3 is 14.4 Å². The molecule has 2 aliphatic rings. The Bertz CT molecular complexity index is 1110. The smallest absolute Gasteiger partial charge is 0.294 e. The van der Waals surface area contributed by atoms with Gasteiger partial charge in [0.15, 0.2) is 11.5 Å². The minimum atomic E-state index is -0.462. The molecular weight excluding hydrogens is 464 g/mol. The average molecular weight is 487 g/mol. The van der Waals surface area contributed by atoms with Gasteiger partial charge in [-0.25, -0.2) is 0 Å². The third kappa shape index (κ3) is 5.34. The van der Waals surface area contributed by atoms with Gasteiger partial charge in [-0.05, 0) is 54.4 Å². The Labute approximate surface area is 201 Å². The molecule has 0 aliphatic carbocycles. The molecule has 2 aromatic rings. The lowest BCUT2D eigenvalue weighted by atomic mass is 10.1. The number of hydrogen-bond acceptors (Lipinski definition) is 6. The molecule has 0 atom stereocenters. The van der Waals surface area contributed by atoms with E-state index in [0.717, 1.165) is 35.1 Å². The van der Waals surface area contributed by atoms with Gasteiger partial charge in [0, 0.05) is 23.7 Å². The topological polar surface area (TPSA) is 76.2 Å². The molecule has 0 aromatic heterocycles. The molecule has 172 valence electrons. The molecule has 3 amide bonds. The first kappa shape index (κ1) is 23.2. The third-order valence-electron chi connectivity index (χ3n) is 5.45. The number of carbonyl (C=O) groups is 3. The van der Waals surface area contributed by atoms with Crippen molar-refractivity contribution in [1.82, 2.24) is 9.80 Å². The van der Waals surface area contributed by atoms with Crippen molar-refractivity contribution in [1.29, 1.82) is 0 Å². The van der Waals surface area contributed by atoms with E-state index in [9.17, 15) is 14.4 Å². The minimum absolute atomic E-state index is 0.197. The first-order valence-corrected chi connectivity index (χ1v) is 11.7. The molecule has 4 rings (SSSR count). The molecule has 0 radical (unpaired) electrons. The van der Waals surface area contributed by atoms with E-state index in [0.29, 0.717) is 35.2 Å². The molecular formula is C24H23ClN2O5S. The highest BCUT2D eigenvalue weighted by molar-refractivity contribution is 8.18. The van der Waals surface area contributed by atoms with Gasteiger partial charge in [-0.3, -0.25) is 19.3 Å². The second-order valence-corrected chi connectivity index (χ2v) is 9.05. The van der Waals surface area contributed by atoms with Crippen LogP contribution in [0.5, 0.6) is 11.5 Å². The molecule has 2 heterocycles. The number of imide groups is 1. The zero-order valence-corrected chi connectivity index (χ0v) is 19.7. The first-order chi connectivity index (χ1) is 16.0. The number of benzene rings is 2. The maximum atomic E-state index is 12.8. The Morgan fingerprint density at radius 3 is 2.61 bits per heavy atom. The molecule has 2 saturated heterocycles. The lowest BCUT2D eigenvalue weighted by molar-refractivity contribution is -0.135. The summed E-state index contributed by atoms with van der Waals surface area (Å²) in [5.41, 5.74) is 1.52. The maximum absolute atomic E-state index is 12.8. The number of methoxy groups -OCH3 is 1. The molecule has 2 aromatic carbocycles. The van der Waals surface area contributed by atoms with Crippen LogP contribution in [0, 0.1) is 0 Å².